The number of nitrogens with one attached hydrogen (secondary N) is 1. The molecule has 1 amide bonds. The molecule has 1 aliphatic heterocycles. The summed E-state index contributed by atoms with van der Waals surface area (Å²) in [5, 5.41) is 4.95. The van der Waals surface area contributed by atoms with Crippen LogP contribution in [-0.4, -0.2) is 31.7 Å². The second-order valence-corrected chi connectivity index (χ2v) is 9.63. The van der Waals surface area contributed by atoms with Crippen molar-refractivity contribution < 1.29 is 13.2 Å². The van der Waals surface area contributed by atoms with Gasteiger partial charge in [-0.25, -0.2) is 8.42 Å². The third-order valence-corrected chi connectivity index (χ3v) is 7.73. The molecule has 30 heavy (non-hydrogen) atoms. The summed E-state index contributed by atoms with van der Waals surface area (Å²) in [5.41, 5.74) is 1.94. The summed E-state index contributed by atoms with van der Waals surface area (Å²) in [7, 11) is -3.57. The number of benzene rings is 3. The maximum atomic E-state index is 13.1. The number of piperidine rings is 1. The van der Waals surface area contributed by atoms with E-state index in [0.29, 0.717) is 30.8 Å². The summed E-state index contributed by atoms with van der Waals surface area (Å²) in [5.74, 6) is -0.211. The Morgan fingerprint density at radius 1 is 0.967 bits per heavy atom. The van der Waals surface area contributed by atoms with Crippen molar-refractivity contribution in [3.63, 3.8) is 0 Å². The summed E-state index contributed by atoms with van der Waals surface area (Å²) in [6.07, 6.45) is 1.89. The number of sulfonamides is 1. The summed E-state index contributed by atoms with van der Waals surface area (Å²) < 4.78 is 27.7. The first-order valence-corrected chi connectivity index (χ1v) is 11.8. The predicted molar refractivity (Wildman–Crippen MR) is 120 cm³/mol. The summed E-state index contributed by atoms with van der Waals surface area (Å²) >= 11 is 0. The largest absolute Gasteiger partial charge is 0.326 e. The zero-order chi connectivity index (χ0) is 21.1. The van der Waals surface area contributed by atoms with Crippen LogP contribution >= 0.6 is 0 Å². The third-order valence-electron chi connectivity index (χ3n) is 5.84. The Morgan fingerprint density at radius 3 is 2.37 bits per heavy atom. The van der Waals surface area contributed by atoms with Crippen LogP contribution in [0.3, 0.4) is 0 Å². The lowest BCUT2D eigenvalue weighted by atomic mass is 9.97. The van der Waals surface area contributed by atoms with Crippen molar-refractivity contribution in [1.29, 1.82) is 0 Å². The number of nitrogens with zero attached hydrogens (tertiary/aromatic N) is 1. The number of hydrogen-bond acceptors (Lipinski definition) is 3. The number of rotatable bonds is 5. The smallest absolute Gasteiger partial charge is 0.243 e. The lowest BCUT2D eigenvalue weighted by Crippen LogP contribution is -2.41. The quantitative estimate of drug-likeness (QED) is 0.661. The van der Waals surface area contributed by atoms with E-state index in [4.69, 9.17) is 0 Å². The number of carbonyl (C=O) groups is 1. The zero-order valence-electron chi connectivity index (χ0n) is 17.0. The van der Waals surface area contributed by atoms with Gasteiger partial charge in [0.1, 0.15) is 0 Å². The van der Waals surface area contributed by atoms with Gasteiger partial charge in [-0.2, -0.15) is 4.31 Å². The lowest BCUT2D eigenvalue weighted by Gasteiger charge is -2.30. The van der Waals surface area contributed by atoms with E-state index in [-0.39, 0.29) is 11.8 Å². The molecular weight excluding hydrogens is 396 g/mol. The second-order valence-electron chi connectivity index (χ2n) is 7.69. The van der Waals surface area contributed by atoms with Crippen molar-refractivity contribution in [2.75, 3.05) is 18.4 Å². The van der Waals surface area contributed by atoms with Crippen molar-refractivity contribution in [3.05, 3.63) is 72.3 Å². The minimum absolute atomic E-state index is 0.0290. The number of carbonyl (C=O) groups excluding carboxylic acids is 1. The fourth-order valence-electron chi connectivity index (χ4n) is 4.02. The highest BCUT2D eigenvalue weighted by Crippen LogP contribution is 2.27. The summed E-state index contributed by atoms with van der Waals surface area (Å²) in [6, 6.07) is 20.7. The lowest BCUT2D eigenvalue weighted by molar-refractivity contribution is -0.120. The van der Waals surface area contributed by atoms with E-state index in [9.17, 15) is 13.2 Å². The molecule has 0 aliphatic carbocycles. The first kappa shape index (κ1) is 20.6. The Morgan fingerprint density at radius 2 is 1.63 bits per heavy atom. The third kappa shape index (κ3) is 4.11. The molecule has 1 saturated heterocycles. The Balaban J connectivity index is 1.43. The molecule has 4 rings (SSSR count). The van der Waals surface area contributed by atoms with Gasteiger partial charge >= 0.3 is 0 Å². The molecule has 5 nitrogen and oxygen atoms in total. The minimum Gasteiger partial charge on any atom is -0.326 e. The van der Waals surface area contributed by atoms with Crippen LogP contribution in [0.1, 0.15) is 25.3 Å². The van der Waals surface area contributed by atoms with E-state index in [1.54, 1.807) is 12.1 Å². The van der Waals surface area contributed by atoms with Crippen molar-refractivity contribution >= 4 is 32.4 Å². The molecule has 0 saturated carbocycles. The number of amides is 1. The Hall–Kier alpha value is -2.70. The standard InChI is InChI=1S/C24H26N2O3S/c1-2-18-7-5-6-10-23(18)25-24(27)20-13-15-26(16-14-20)30(28,29)22-12-11-19-8-3-4-9-21(19)17-22/h3-12,17,20H,2,13-16H2,1H3,(H,25,27). The molecule has 0 spiro atoms. The second kappa shape index (κ2) is 8.58. The highest BCUT2D eigenvalue weighted by Gasteiger charge is 2.32. The Kier molecular flexibility index (Phi) is 5.88. The normalized spacial score (nSPS) is 15.9. The van der Waals surface area contributed by atoms with Gasteiger partial charge in [-0.15, -0.1) is 0 Å². The van der Waals surface area contributed by atoms with Crippen molar-refractivity contribution in [2.45, 2.75) is 31.1 Å². The van der Waals surface area contributed by atoms with Crippen LogP contribution < -0.4 is 5.32 Å². The van der Waals surface area contributed by atoms with Gasteiger partial charge in [0, 0.05) is 24.7 Å². The van der Waals surface area contributed by atoms with Crippen LogP contribution in [0, 0.1) is 5.92 Å². The van der Waals surface area contributed by atoms with Gasteiger partial charge in [-0.05, 0) is 53.8 Å². The van der Waals surface area contributed by atoms with Gasteiger partial charge < -0.3 is 5.32 Å². The van der Waals surface area contributed by atoms with Gasteiger partial charge in [-0.3, -0.25) is 4.79 Å². The van der Waals surface area contributed by atoms with Crippen LogP contribution in [0.4, 0.5) is 5.69 Å². The van der Waals surface area contributed by atoms with Crippen LogP contribution in [0.15, 0.2) is 71.6 Å². The molecule has 1 fully saturated rings. The minimum atomic E-state index is -3.57. The molecule has 0 radical (unpaired) electrons. The summed E-state index contributed by atoms with van der Waals surface area (Å²) in [4.78, 5) is 13.0. The van der Waals surface area contributed by atoms with Crippen LogP contribution in [0.25, 0.3) is 10.8 Å². The van der Waals surface area contributed by atoms with Crippen LogP contribution in [0.5, 0.6) is 0 Å². The van der Waals surface area contributed by atoms with Crippen molar-refractivity contribution in [3.8, 4) is 0 Å². The highest BCUT2D eigenvalue weighted by atomic mass is 32.2. The van der Waals surface area contributed by atoms with Gasteiger partial charge in [-0.1, -0.05) is 55.5 Å². The fourth-order valence-corrected chi connectivity index (χ4v) is 5.53. The van der Waals surface area contributed by atoms with Gasteiger partial charge in [0.15, 0.2) is 0 Å². The molecule has 0 aromatic heterocycles. The molecule has 3 aromatic rings. The number of fused-ring (bicyclic) bond motifs is 1. The molecule has 1 aliphatic rings. The highest BCUT2D eigenvalue weighted by molar-refractivity contribution is 7.89. The van der Waals surface area contributed by atoms with E-state index in [2.05, 4.69) is 12.2 Å². The topological polar surface area (TPSA) is 66.5 Å². The Labute approximate surface area is 177 Å². The van der Waals surface area contributed by atoms with E-state index < -0.39 is 10.0 Å². The SMILES string of the molecule is CCc1ccccc1NC(=O)C1CCN(S(=O)(=O)c2ccc3ccccc3c2)CC1. The van der Waals surface area contributed by atoms with Gasteiger partial charge in [0.05, 0.1) is 4.90 Å². The average molecular weight is 423 g/mol. The van der Waals surface area contributed by atoms with Gasteiger partial charge in [0.25, 0.3) is 0 Å². The molecule has 3 aromatic carbocycles. The Bertz CT molecular complexity index is 1170. The van der Waals surface area contributed by atoms with Crippen molar-refractivity contribution in [1.82, 2.24) is 4.31 Å². The molecular formula is C24H26N2O3S. The maximum absolute atomic E-state index is 13.1. The zero-order valence-corrected chi connectivity index (χ0v) is 17.9. The molecule has 1 N–H and O–H groups in total. The maximum Gasteiger partial charge on any atom is 0.243 e. The number of hydrogen-bond donors (Lipinski definition) is 1. The van der Waals surface area contributed by atoms with E-state index in [1.807, 2.05) is 54.6 Å². The fraction of sp³-hybridized carbons (Fsp3) is 0.292. The van der Waals surface area contributed by atoms with Crippen molar-refractivity contribution in [2.24, 2.45) is 5.92 Å². The van der Waals surface area contributed by atoms with Crippen LogP contribution in [-0.2, 0) is 21.2 Å². The molecule has 0 atom stereocenters. The monoisotopic (exact) mass is 422 g/mol. The van der Waals surface area contributed by atoms with E-state index >= 15 is 0 Å². The van der Waals surface area contributed by atoms with E-state index in [0.717, 1.165) is 28.4 Å². The molecule has 6 heteroatoms. The first-order chi connectivity index (χ1) is 14.5. The number of anilines is 1. The summed E-state index contributed by atoms with van der Waals surface area (Å²) in [6.45, 7) is 2.76. The van der Waals surface area contributed by atoms with Gasteiger partial charge in [0.2, 0.25) is 15.9 Å². The van der Waals surface area contributed by atoms with E-state index in [1.165, 1.54) is 4.31 Å². The number of aryl methyl sites for hydroxylation is 1. The molecule has 0 unspecified atom stereocenters. The van der Waals surface area contributed by atoms with Crippen LogP contribution in [0.2, 0.25) is 0 Å². The molecule has 156 valence electrons. The number of para-hydroxylation sites is 1. The molecule has 0 bridgehead atoms. The average Bonchev–Trinajstić information content (AvgIpc) is 2.79. The predicted octanol–water partition coefficient (Wildman–Crippen LogP) is 4.44. The first-order valence-electron chi connectivity index (χ1n) is 10.4. The molecule has 1 heterocycles.